The summed E-state index contributed by atoms with van der Waals surface area (Å²) in [6, 6.07) is 6.70. The van der Waals surface area contributed by atoms with Crippen molar-refractivity contribution in [3.63, 3.8) is 0 Å². The Kier molecular flexibility index (Phi) is 7.25. The molecule has 4 heterocycles. The van der Waals surface area contributed by atoms with Gasteiger partial charge in [0.1, 0.15) is 11.5 Å². The number of benzene rings is 1. The van der Waals surface area contributed by atoms with E-state index in [1.165, 1.54) is 16.8 Å². The molecule has 10 nitrogen and oxygen atoms in total. The number of nitrogens with zero attached hydrogens (tertiary/aromatic N) is 7. The highest BCUT2D eigenvalue weighted by Crippen LogP contribution is 2.52. The third-order valence-electron chi connectivity index (χ3n) is 9.05. The van der Waals surface area contributed by atoms with Crippen LogP contribution in [0.15, 0.2) is 65.6 Å². The third-order valence-corrected chi connectivity index (χ3v) is 11.2. The van der Waals surface area contributed by atoms with Crippen LogP contribution in [-0.4, -0.2) is 75.2 Å². The lowest BCUT2D eigenvalue weighted by molar-refractivity contribution is -0.137. The number of allylic oxidation sites excluding steroid dienone is 1. The summed E-state index contributed by atoms with van der Waals surface area (Å²) >= 11 is 0. The summed E-state index contributed by atoms with van der Waals surface area (Å²) in [5, 5.41) is 12.7. The molecule has 240 valence electrons. The van der Waals surface area contributed by atoms with Crippen LogP contribution in [0.25, 0.3) is 11.8 Å². The predicted molar refractivity (Wildman–Crippen MR) is 160 cm³/mol. The molecular formula is C31H29F4N7O3S. The lowest BCUT2D eigenvalue weighted by Gasteiger charge is -2.50. The van der Waals surface area contributed by atoms with Crippen LogP contribution in [0.3, 0.4) is 0 Å². The second kappa shape index (κ2) is 11.0. The fourth-order valence-electron chi connectivity index (χ4n) is 6.80. The number of fused-ring (bicyclic) bond motifs is 2. The molecule has 4 aromatic rings. The van der Waals surface area contributed by atoms with Crippen LogP contribution in [-0.2, 0) is 34.1 Å². The molecule has 3 aliphatic rings. The zero-order valence-corrected chi connectivity index (χ0v) is 25.5. The van der Waals surface area contributed by atoms with Gasteiger partial charge in [-0.25, -0.2) is 17.6 Å². The van der Waals surface area contributed by atoms with Gasteiger partial charge in [0.2, 0.25) is 0 Å². The number of carbonyl (C=O) groups excluding carboxylic acids is 1. The van der Waals surface area contributed by atoms with Crippen molar-refractivity contribution >= 4 is 27.4 Å². The van der Waals surface area contributed by atoms with E-state index in [-0.39, 0.29) is 29.6 Å². The molecule has 7 rings (SSSR count). The van der Waals surface area contributed by atoms with E-state index in [9.17, 15) is 26.6 Å². The topological polar surface area (TPSA) is 108 Å². The highest BCUT2D eigenvalue weighted by Gasteiger charge is 2.53. The number of carbonyl (C=O) groups is 1. The highest BCUT2D eigenvalue weighted by molar-refractivity contribution is 7.98. The van der Waals surface area contributed by atoms with E-state index in [2.05, 4.69) is 26.3 Å². The Morgan fingerprint density at radius 2 is 1.93 bits per heavy atom. The first-order valence-corrected chi connectivity index (χ1v) is 16.3. The largest absolute Gasteiger partial charge is 0.416 e. The van der Waals surface area contributed by atoms with Crippen molar-refractivity contribution in [1.29, 1.82) is 0 Å². The van der Waals surface area contributed by atoms with Gasteiger partial charge in [0.25, 0.3) is 0 Å². The van der Waals surface area contributed by atoms with Crippen LogP contribution in [0, 0.1) is 11.2 Å². The summed E-state index contributed by atoms with van der Waals surface area (Å²) in [5.41, 5.74) is 0.121. The third kappa shape index (κ3) is 5.06. The summed E-state index contributed by atoms with van der Waals surface area (Å²) in [6.45, 7) is 0.605. The Balaban J connectivity index is 1.34. The van der Waals surface area contributed by atoms with Crippen molar-refractivity contribution in [3.05, 3.63) is 88.9 Å². The predicted octanol–water partition coefficient (Wildman–Crippen LogP) is 4.31. The van der Waals surface area contributed by atoms with Gasteiger partial charge in [-0.2, -0.15) is 18.3 Å². The summed E-state index contributed by atoms with van der Waals surface area (Å²) in [4.78, 5) is 18.7. The van der Waals surface area contributed by atoms with Gasteiger partial charge < -0.3 is 4.74 Å². The maximum absolute atomic E-state index is 14.6. The van der Waals surface area contributed by atoms with Crippen LogP contribution in [0.2, 0.25) is 0 Å². The van der Waals surface area contributed by atoms with E-state index in [1.807, 2.05) is 6.08 Å². The molecular weight excluding hydrogens is 626 g/mol. The molecule has 0 radical (unpaired) electrons. The average Bonchev–Trinajstić information content (AvgIpc) is 3.63. The van der Waals surface area contributed by atoms with Crippen molar-refractivity contribution in [2.24, 2.45) is 12.5 Å². The monoisotopic (exact) mass is 655 g/mol. The maximum Gasteiger partial charge on any atom is 0.416 e. The molecule has 0 bridgehead atoms. The minimum absolute atomic E-state index is 0.126. The van der Waals surface area contributed by atoms with E-state index >= 15 is 0 Å². The van der Waals surface area contributed by atoms with Crippen molar-refractivity contribution < 1.29 is 31.3 Å². The second-order valence-corrected chi connectivity index (χ2v) is 14.1. The molecule has 46 heavy (non-hydrogen) atoms. The fourth-order valence-corrected chi connectivity index (χ4v) is 8.76. The Morgan fingerprint density at radius 3 is 2.59 bits per heavy atom. The molecule has 1 unspecified atom stereocenters. The first-order chi connectivity index (χ1) is 21.9. The molecule has 2 aliphatic carbocycles. The number of ketones is 1. The lowest BCUT2D eigenvalue weighted by Crippen LogP contribution is -2.59. The van der Waals surface area contributed by atoms with Gasteiger partial charge >= 0.3 is 6.18 Å². The molecule has 0 amide bonds. The Hall–Kier alpha value is -4.21. The summed E-state index contributed by atoms with van der Waals surface area (Å²) in [5.74, 6) is 3.13. The molecule has 3 aromatic heterocycles. The minimum Gasteiger partial charge on any atom is -0.378 e. The van der Waals surface area contributed by atoms with Gasteiger partial charge in [0.05, 0.1) is 63.7 Å². The van der Waals surface area contributed by atoms with Crippen molar-refractivity contribution in [2.45, 2.75) is 49.0 Å². The molecule has 15 heteroatoms. The second-order valence-electron chi connectivity index (χ2n) is 11.9. The summed E-state index contributed by atoms with van der Waals surface area (Å²) < 4.78 is 79.6. The number of pyridine rings is 1. The van der Waals surface area contributed by atoms with Gasteiger partial charge in [0.15, 0.2) is 10.8 Å². The highest BCUT2D eigenvalue weighted by atomic mass is 32.2. The number of hydrogen-bond acceptors (Lipinski definition) is 7. The quantitative estimate of drug-likeness (QED) is 0.166. The number of aromatic nitrogens is 6. The number of halogens is 4. The molecule has 3 atom stereocenters. The normalized spacial score (nSPS) is 22.8. The van der Waals surface area contributed by atoms with Gasteiger partial charge in [-0.1, -0.05) is 10.8 Å². The van der Waals surface area contributed by atoms with Crippen LogP contribution in [0.1, 0.15) is 46.6 Å². The molecule has 2 fully saturated rings. The smallest absolute Gasteiger partial charge is 0.378 e. The number of Topliss-reactive ketones (excluding diaryl/α,β-unsaturated/α-hetero) is 1. The van der Waals surface area contributed by atoms with Crippen LogP contribution in [0.4, 0.5) is 17.6 Å². The van der Waals surface area contributed by atoms with Crippen LogP contribution < -0.4 is 0 Å². The van der Waals surface area contributed by atoms with E-state index < -0.39 is 44.5 Å². The summed E-state index contributed by atoms with van der Waals surface area (Å²) in [6.07, 6.45) is 2.47. The van der Waals surface area contributed by atoms with Crippen molar-refractivity contribution in [2.75, 3.05) is 13.2 Å². The van der Waals surface area contributed by atoms with E-state index in [4.69, 9.17) is 4.74 Å². The van der Waals surface area contributed by atoms with Gasteiger partial charge in [-0.15, -0.1) is 5.10 Å². The van der Waals surface area contributed by atoms with Crippen LogP contribution >= 0.6 is 0 Å². The van der Waals surface area contributed by atoms with Gasteiger partial charge in [-0.05, 0) is 79.6 Å². The maximum atomic E-state index is 14.6. The zero-order chi connectivity index (χ0) is 32.4. The summed E-state index contributed by atoms with van der Waals surface area (Å²) in [7, 11) is -1.55. The SMILES string of the molecule is C=S(=O)(c1cn(C)nn1)N(C1COC1)[C@H]1CCC2=Cc3c(cnn3-c3ccc(F)cc3)C[C@]2(C(=O)c2cc(C(F)(F)F)ccn2)C1. The first-order valence-electron chi connectivity index (χ1n) is 14.6. The number of ether oxygens (including phenoxy) is 1. The molecule has 1 saturated heterocycles. The minimum atomic E-state index is -4.67. The van der Waals surface area contributed by atoms with Gasteiger partial charge in [-0.3, -0.25) is 14.5 Å². The fraction of sp³-hybridized carbons (Fsp3) is 0.355. The molecule has 0 N–H and O–H groups in total. The molecule has 1 aliphatic heterocycles. The molecule has 1 aromatic carbocycles. The van der Waals surface area contributed by atoms with Crippen LogP contribution in [0.5, 0.6) is 0 Å². The van der Waals surface area contributed by atoms with E-state index in [1.54, 1.807) is 40.6 Å². The van der Waals surface area contributed by atoms with E-state index in [0.717, 1.165) is 18.3 Å². The van der Waals surface area contributed by atoms with Gasteiger partial charge in [0, 0.05) is 19.3 Å². The molecule has 1 saturated carbocycles. The Morgan fingerprint density at radius 1 is 1.17 bits per heavy atom. The first kappa shape index (κ1) is 30.4. The zero-order valence-electron chi connectivity index (χ0n) is 24.7. The lowest BCUT2D eigenvalue weighted by atomic mass is 9.60. The standard InChI is InChI=1S/C31H29F4N7O3S/c1-40-16-28(38-39-40)46(2,44)42(25-17-45-18-25)24-6-3-20-12-27-19(15-37-41(27)23-7-4-22(32)5-8-23)13-30(20,14-24)29(43)26-11-21(9-10-36-26)31(33,34)35/h4-5,7-12,15-16,24-25H,2-3,6,13-14,17-18H2,1H3/t24-,30-,46?/m0/s1. The number of alkyl halides is 3. The number of rotatable bonds is 7. The number of aryl methyl sites for hydroxylation is 1. The Bertz CT molecular complexity index is 1970. The average molecular weight is 656 g/mol. The van der Waals surface area contributed by atoms with Crippen molar-refractivity contribution in [3.8, 4) is 5.69 Å². The number of hydrogen-bond donors (Lipinski definition) is 0. The molecule has 0 spiro atoms. The Labute approximate surface area is 261 Å². The van der Waals surface area contributed by atoms with E-state index in [0.29, 0.717) is 48.6 Å². The van der Waals surface area contributed by atoms with Crippen molar-refractivity contribution in [1.82, 2.24) is 34.1 Å².